The lowest BCUT2D eigenvalue weighted by Crippen LogP contribution is -2.13. The molecule has 116 valence electrons. The lowest BCUT2D eigenvalue weighted by Gasteiger charge is -2.05. The van der Waals surface area contributed by atoms with Gasteiger partial charge in [0.1, 0.15) is 5.02 Å². The molecule has 1 amide bonds. The van der Waals surface area contributed by atoms with E-state index in [1.54, 1.807) is 0 Å². The van der Waals surface area contributed by atoms with Crippen molar-refractivity contribution in [3.63, 3.8) is 0 Å². The number of amides is 1. The average Bonchev–Trinajstić information content (AvgIpc) is 2.85. The van der Waals surface area contributed by atoms with Gasteiger partial charge in [-0.05, 0) is 26.2 Å². The number of carbonyl (C=O) groups is 1. The molecule has 7 nitrogen and oxygen atoms in total. The second-order valence-corrected chi connectivity index (χ2v) is 6.02. The maximum absolute atomic E-state index is 12.1. The van der Waals surface area contributed by atoms with Gasteiger partial charge < -0.3 is 4.90 Å². The molecule has 22 heavy (non-hydrogen) atoms. The van der Waals surface area contributed by atoms with Gasteiger partial charge in [0.15, 0.2) is 5.13 Å². The number of thiazole rings is 1. The Morgan fingerprint density at radius 3 is 2.86 bits per heavy atom. The standard InChI is InChI=1S/C13H13ClN4O3S/c1-17(2)6-9-7-22-13(15-9)16-12(19)8-3-4-10(14)11(5-8)18(20)21/h3-5,7H,6H2,1-2H3,(H,15,16,19). The summed E-state index contributed by atoms with van der Waals surface area (Å²) in [6.07, 6.45) is 0. The Balaban J connectivity index is 2.14. The highest BCUT2D eigenvalue weighted by Gasteiger charge is 2.17. The van der Waals surface area contributed by atoms with Gasteiger partial charge in [-0.2, -0.15) is 0 Å². The SMILES string of the molecule is CN(C)Cc1csc(NC(=O)c2ccc(Cl)c([N+](=O)[O-])c2)n1. The van der Waals surface area contributed by atoms with E-state index in [1.165, 1.54) is 23.5 Å². The van der Waals surface area contributed by atoms with Gasteiger partial charge in [-0.1, -0.05) is 11.6 Å². The van der Waals surface area contributed by atoms with Gasteiger partial charge in [-0.15, -0.1) is 11.3 Å². The summed E-state index contributed by atoms with van der Waals surface area (Å²) in [6.45, 7) is 0.665. The Morgan fingerprint density at radius 1 is 1.50 bits per heavy atom. The van der Waals surface area contributed by atoms with E-state index in [9.17, 15) is 14.9 Å². The maximum atomic E-state index is 12.1. The number of halogens is 1. The van der Waals surface area contributed by atoms with Crippen LogP contribution in [0, 0.1) is 10.1 Å². The van der Waals surface area contributed by atoms with E-state index in [1.807, 2.05) is 24.4 Å². The number of carbonyl (C=O) groups excluding carboxylic acids is 1. The zero-order valence-electron chi connectivity index (χ0n) is 11.9. The van der Waals surface area contributed by atoms with Crippen LogP contribution in [0.1, 0.15) is 16.1 Å². The number of rotatable bonds is 5. The van der Waals surface area contributed by atoms with Gasteiger partial charge in [0, 0.05) is 23.6 Å². The molecule has 2 aromatic rings. The summed E-state index contributed by atoms with van der Waals surface area (Å²) >= 11 is 7.02. The molecule has 2 rings (SSSR count). The summed E-state index contributed by atoms with van der Waals surface area (Å²) in [6, 6.07) is 3.90. The first-order valence-electron chi connectivity index (χ1n) is 6.21. The van der Waals surface area contributed by atoms with Crippen molar-refractivity contribution in [1.29, 1.82) is 0 Å². The Bertz CT molecular complexity index is 717. The topological polar surface area (TPSA) is 88.4 Å². The molecule has 0 aliphatic heterocycles. The molecule has 1 N–H and O–H groups in total. The lowest BCUT2D eigenvalue weighted by atomic mass is 10.2. The normalized spacial score (nSPS) is 10.7. The Hall–Kier alpha value is -2.03. The molecule has 0 atom stereocenters. The lowest BCUT2D eigenvalue weighted by molar-refractivity contribution is -0.384. The molecule has 1 heterocycles. The van der Waals surface area contributed by atoms with Crippen LogP contribution in [0.5, 0.6) is 0 Å². The second-order valence-electron chi connectivity index (χ2n) is 4.76. The van der Waals surface area contributed by atoms with Crippen LogP contribution < -0.4 is 5.32 Å². The van der Waals surface area contributed by atoms with E-state index in [2.05, 4.69) is 10.3 Å². The van der Waals surface area contributed by atoms with Gasteiger partial charge in [0.2, 0.25) is 0 Å². The molecule has 0 aliphatic rings. The molecule has 0 aliphatic carbocycles. The van der Waals surface area contributed by atoms with Crippen molar-refractivity contribution in [2.75, 3.05) is 19.4 Å². The molecule has 9 heteroatoms. The second kappa shape index (κ2) is 6.82. The zero-order valence-corrected chi connectivity index (χ0v) is 13.4. The van der Waals surface area contributed by atoms with Crippen LogP contribution in [0.2, 0.25) is 5.02 Å². The largest absolute Gasteiger partial charge is 0.304 e. The highest BCUT2D eigenvalue weighted by molar-refractivity contribution is 7.13. The number of aromatic nitrogens is 1. The van der Waals surface area contributed by atoms with Crippen molar-refractivity contribution < 1.29 is 9.72 Å². The third kappa shape index (κ3) is 4.00. The first-order valence-corrected chi connectivity index (χ1v) is 7.47. The van der Waals surface area contributed by atoms with Gasteiger partial charge >= 0.3 is 0 Å². The smallest absolute Gasteiger partial charge is 0.288 e. The minimum atomic E-state index is -0.627. The maximum Gasteiger partial charge on any atom is 0.288 e. The van der Waals surface area contributed by atoms with Crippen LogP contribution >= 0.6 is 22.9 Å². The van der Waals surface area contributed by atoms with E-state index in [-0.39, 0.29) is 16.3 Å². The summed E-state index contributed by atoms with van der Waals surface area (Å²) in [5, 5.41) is 15.7. The minimum absolute atomic E-state index is 0.0101. The third-order valence-electron chi connectivity index (χ3n) is 2.66. The fraction of sp³-hybridized carbons (Fsp3) is 0.231. The monoisotopic (exact) mass is 340 g/mol. The number of hydrogen-bond donors (Lipinski definition) is 1. The fourth-order valence-corrected chi connectivity index (χ4v) is 2.61. The highest BCUT2D eigenvalue weighted by Crippen LogP contribution is 2.26. The third-order valence-corrected chi connectivity index (χ3v) is 3.78. The zero-order chi connectivity index (χ0) is 16.3. The molecule has 0 radical (unpaired) electrons. The molecular weight excluding hydrogens is 328 g/mol. The molecule has 0 spiro atoms. The molecule has 0 bridgehead atoms. The first-order chi connectivity index (χ1) is 10.4. The quantitative estimate of drug-likeness (QED) is 0.667. The van der Waals surface area contributed by atoms with Crippen LogP contribution in [-0.4, -0.2) is 34.8 Å². The highest BCUT2D eigenvalue weighted by atomic mass is 35.5. The molecule has 1 aromatic carbocycles. The van der Waals surface area contributed by atoms with Crippen molar-refractivity contribution in [2.24, 2.45) is 0 Å². The predicted molar refractivity (Wildman–Crippen MR) is 85.6 cm³/mol. The van der Waals surface area contributed by atoms with Crippen LogP contribution in [0.15, 0.2) is 23.6 Å². The van der Waals surface area contributed by atoms with Crippen molar-refractivity contribution >= 4 is 39.7 Å². The van der Waals surface area contributed by atoms with Crippen LogP contribution in [0.4, 0.5) is 10.8 Å². The molecule has 0 unspecified atom stereocenters. The summed E-state index contributed by atoms with van der Waals surface area (Å²) in [5.41, 5.74) is 0.689. The summed E-state index contributed by atoms with van der Waals surface area (Å²) in [7, 11) is 3.84. The van der Waals surface area contributed by atoms with Crippen LogP contribution in [-0.2, 0) is 6.54 Å². The van der Waals surface area contributed by atoms with E-state index in [4.69, 9.17) is 11.6 Å². The Labute approximate surface area is 135 Å². The number of nitro groups is 1. The molecule has 0 saturated carbocycles. The Morgan fingerprint density at radius 2 is 2.23 bits per heavy atom. The number of nitrogens with zero attached hydrogens (tertiary/aromatic N) is 3. The summed E-state index contributed by atoms with van der Waals surface area (Å²) < 4.78 is 0. The van der Waals surface area contributed by atoms with Gasteiger partial charge in [0.25, 0.3) is 11.6 Å². The van der Waals surface area contributed by atoms with Crippen molar-refractivity contribution in [3.8, 4) is 0 Å². The van der Waals surface area contributed by atoms with E-state index in [0.29, 0.717) is 11.7 Å². The Kier molecular flexibility index (Phi) is 5.07. The number of benzene rings is 1. The van der Waals surface area contributed by atoms with E-state index >= 15 is 0 Å². The van der Waals surface area contributed by atoms with Crippen molar-refractivity contribution in [2.45, 2.75) is 6.54 Å². The number of anilines is 1. The van der Waals surface area contributed by atoms with Crippen LogP contribution in [0.25, 0.3) is 0 Å². The molecule has 1 aromatic heterocycles. The average molecular weight is 341 g/mol. The minimum Gasteiger partial charge on any atom is -0.304 e. The van der Waals surface area contributed by atoms with Gasteiger partial charge in [-0.25, -0.2) is 4.98 Å². The van der Waals surface area contributed by atoms with E-state index in [0.717, 1.165) is 11.8 Å². The number of hydrogen-bond acceptors (Lipinski definition) is 6. The summed E-state index contributed by atoms with van der Waals surface area (Å²) in [4.78, 5) is 28.6. The number of nitro benzene ring substituents is 1. The van der Waals surface area contributed by atoms with Crippen molar-refractivity contribution in [1.82, 2.24) is 9.88 Å². The molecule has 0 saturated heterocycles. The fourth-order valence-electron chi connectivity index (χ4n) is 1.72. The van der Waals surface area contributed by atoms with E-state index < -0.39 is 10.8 Å². The summed E-state index contributed by atoms with van der Waals surface area (Å²) in [5.74, 6) is -0.467. The number of nitrogens with one attached hydrogen (secondary N) is 1. The predicted octanol–water partition coefficient (Wildman–Crippen LogP) is 3.02. The van der Waals surface area contributed by atoms with Gasteiger partial charge in [0.05, 0.1) is 10.6 Å². The first kappa shape index (κ1) is 16.3. The van der Waals surface area contributed by atoms with Crippen LogP contribution in [0.3, 0.4) is 0 Å². The molecule has 0 fully saturated rings. The molecular formula is C13H13ClN4O3S. The van der Waals surface area contributed by atoms with Gasteiger partial charge in [-0.3, -0.25) is 20.2 Å². The van der Waals surface area contributed by atoms with Crippen molar-refractivity contribution in [3.05, 3.63) is 50.0 Å².